The summed E-state index contributed by atoms with van der Waals surface area (Å²) in [6.45, 7) is 2.31. The summed E-state index contributed by atoms with van der Waals surface area (Å²) in [7, 11) is 0. The Morgan fingerprint density at radius 1 is 1.05 bits per heavy atom. The molecule has 0 spiro atoms. The summed E-state index contributed by atoms with van der Waals surface area (Å²) in [5.74, 6) is -1.03. The van der Waals surface area contributed by atoms with Crippen LogP contribution in [0.3, 0.4) is 0 Å². The van der Waals surface area contributed by atoms with Gasteiger partial charge in [-0.15, -0.1) is 10.2 Å². The summed E-state index contributed by atoms with van der Waals surface area (Å²) in [6.07, 6.45) is 5.92. The van der Waals surface area contributed by atoms with Gasteiger partial charge >= 0.3 is 0 Å². The third-order valence-electron chi connectivity index (χ3n) is 7.33. The molecule has 198 valence electrons. The monoisotopic (exact) mass is 527 g/mol. The van der Waals surface area contributed by atoms with E-state index in [4.69, 9.17) is 4.42 Å². The summed E-state index contributed by atoms with van der Waals surface area (Å²) in [6, 6.07) is 15.2. The summed E-state index contributed by atoms with van der Waals surface area (Å²) < 4.78 is 35.1. The van der Waals surface area contributed by atoms with E-state index in [9.17, 15) is 13.6 Å². The number of aromatic nitrogens is 4. The Labute approximate surface area is 223 Å². The molecule has 3 heterocycles. The van der Waals surface area contributed by atoms with Gasteiger partial charge < -0.3 is 14.3 Å². The molecule has 5 aromatic rings. The molecule has 1 fully saturated rings. The maximum absolute atomic E-state index is 13.8. The van der Waals surface area contributed by atoms with Crippen LogP contribution < -0.4 is 5.32 Å². The first-order chi connectivity index (χ1) is 19.0. The van der Waals surface area contributed by atoms with Crippen LogP contribution in [-0.4, -0.2) is 25.7 Å². The molecule has 0 atom stereocenters. The van der Waals surface area contributed by atoms with Crippen LogP contribution in [0.15, 0.2) is 65.2 Å². The molecule has 0 bridgehead atoms. The van der Waals surface area contributed by atoms with Gasteiger partial charge in [0.25, 0.3) is 5.91 Å². The molecule has 0 radical (unpaired) electrons. The van der Waals surface area contributed by atoms with Gasteiger partial charge in [0.2, 0.25) is 11.8 Å². The Morgan fingerprint density at radius 3 is 2.62 bits per heavy atom. The van der Waals surface area contributed by atoms with Crippen molar-refractivity contribution in [3.05, 3.63) is 101 Å². The normalized spacial score (nSPS) is 13.8. The van der Waals surface area contributed by atoms with Crippen LogP contribution in [0.4, 0.5) is 8.78 Å². The topological polar surface area (TPSA) is 85.8 Å². The maximum Gasteiger partial charge on any atom is 0.254 e. The van der Waals surface area contributed by atoms with Crippen LogP contribution in [0, 0.1) is 18.6 Å². The number of amides is 1. The fourth-order valence-corrected chi connectivity index (χ4v) is 5.52. The molecule has 6 rings (SSSR count). The number of aryl methyl sites for hydroxylation is 1. The van der Waals surface area contributed by atoms with Gasteiger partial charge in [-0.3, -0.25) is 9.78 Å². The molecule has 1 aliphatic rings. The van der Waals surface area contributed by atoms with E-state index in [-0.39, 0.29) is 18.4 Å². The van der Waals surface area contributed by atoms with Crippen LogP contribution in [0.5, 0.6) is 0 Å². The van der Waals surface area contributed by atoms with Gasteiger partial charge in [-0.1, -0.05) is 31.0 Å². The lowest BCUT2D eigenvalue weighted by Crippen LogP contribution is -2.25. The number of hydrogen-bond acceptors (Lipinski definition) is 5. The SMILES string of the molecule is Cc1nnc(-c2ccc3c(C(=O)NCc4ccc(F)c(F)c4)c(C4CCCC4)n(Cc4ccccn4)c3c2)o1. The Morgan fingerprint density at radius 2 is 1.90 bits per heavy atom. The Balaban J connectivity index is 1.48. The van der Waals surface area contributed by atoms with Crippen molar-refractivity contribution in [2.45, 2.75) is 51.6 Å². The first-order valence-electron chi connectivity index (χ1n) is 13.1. The number of pyridine rings is 1. The van der Waals surface area contributed by atoms with E-state index in [1.165, 1.54) is 6.07 Å². The lowest BCUT2D eigenvalue weighted by atomic mass is 9.97. The van der Waals surface area contributed by atoms with Crippen LogP contribution in [0.25, 0.3) is 22.4 Å². The highest BCUT2D eigenvalue weighted by Crippen LogP contribution is 2.41. The van der Waals surface area contributed by atoms with Crippen molar-refractivity contribution in [2.24, 2.45) is 0 Å². The molecule has 0 aliphatic heterocycles. The fraction of sp³-hybridized carbons (Fsp3) is 0.267. The maximum atomic E-state index is 13.8. The molecule has 1 N–H and O–H groups in total. The second-order valence-electron chi connectivity index (χ2n) is 9.94. The van der Waals surface area contributed by atoms with E-state index in [1.54, 1.807) is 13.1 Å². The fourth-order valence-electron chi connectivity index (χ4n) is 5.52. The lowest BCUT2D eigenvalue weighted by Gasteiger charge is -2.17. The number of rotatable bonds is 7. The third-order valence-corrected chi connectivity index (χ3v) is 7.33. The first kappa shape index (κ1) is 24.9. The average Bonchev–Trinajstić information content (AvgIpc) is 3.69. The van der Waals surface area contributed by atoms with Crippen LogP contribution in [0.2, 0.25) is 0 Å². The standard InChI is InChI=1S/C30H27F2N5O2/c1-18-35-36-30(39-18)21-10-11-23-26(15-21)37(17-22-8-4-5-13-33-22)28(20-6-2-3-7-20)27(23)29(38)34-16-19-9-12-24(31)25(32)14-19/h4-5,8-15,20H,2-3,6-7,16-17H2,1H3,(H,34,38). The predicted molar refractivity (Wildman–Crippen MR) is 142 cm³/mol. The average molecular weight is 528 g/mol. The Bertz CT molecular complexity index is 1660. The summed E-state index contributed by atoms with van der Waals surface area (Å²) in [5, 5.41) is 11.9. The largest absolute Gasteiger partial charge is 0.421 e. The molecular weight excluding hydrogens is 500 g/mol. The second-order valence-corrected chi connectivity index (χ2v) is 9.94. The van der Waals surface area contributed by atoms with Gasteiger partial charge in [-0.25, -0.2) is 8.78 Å². The molecule has 1 saturated carbocycles. The molecule has 3 aromatic heterocycles. The third kappa shape index (κ3) is 4.92. The molecule has 1 aliphatic carbocycles. The molecule has 9 heteroatoms. The van der Waals surface area contributed by atoms with Crippen molar-refractivity contribution in [3.8, 4) is 11.5 Å². The minimum atomic E-state index is -0.941. The van der Waals surface area contributed by atoms with Gasteiger partial charge in [-0.2, -0.15) is 0 Å². The van der Waals surface area contributed by atoms with Crippen molar-refractivity contribution in [2.75, 3.05) is 0 Å². The molecule has 0 saturated heterocycles. The van der Waals surface area contributed by atoms with Crippen LogP contribution in [0.1, 0.15) is 64.8 Å². The van der Waals surface area contributed by atoms with Gasteiger partial charge in [0.05, 0.1) is 23.3 Å². The minimum Gasteiger partial charge on any atom is -0.421 e. The minimum absolute atomic E-state index is 0.0758. The van der Waals surface area contributed by atoms with Gasteiger partial charge in [0.15, 0.2) is 11.6 Å². The molecular formula is C30H27F2N5O2. The van der Waals surface area contributed by atoms with Crippen molar-refractivity contribution >= 4 is 16.8 Å². The summed E-state index contributed by atoms with van der Waals surface area (Å²) in [5.41, 5.74) is 4.55. The van der Waals surface area contributed by atoms with Crippen molar-refractivity contribution in [3.63, 3.8) is 0 Å². The number of hydrogen-bond donors (Lipinski definition) is 1. The van der Waals surface area contributed by atoms with E-state index < -0.39 is 11.6 Å². The number of fused-ring (bicyclic) bond motifs is 1. The van der Waals surface area contributed by atoms with Crippen molar-refractivity contribution in [1.82, 2.24) is 25.1 Å². The lowest BCUT2D eigenvalue weighted by molar-refractivity contribution is 0.0950. The highest BCUT2D eigenvalue weighted by molar-refractivity contribution is 6.09. The van der Waals surface area contributed by atoms with E-state index in [0.29, 0.717) is 29.5 Å². The quantitative estimate of drug-likeness (QED) is 0.268. The van der Waals surface area contributed by atoms with E-state index in [1.807, 2.05) is 36.4 Å². The number of nitrogens with zero attached hydrogens (tertiary/aromatic N) is 4. The number of nitrogens with one attached hydrogen (secondary N) is 1. The number of benzene rings is 2. The van der Waals surface area contributed by atoms with Crippen molar-refractivity contribution in [1.29, 1.82) is 0 Å². The van der Waals surface area contributed by atoms with Crippen molar-refractivity contribution < 1.29 is 18.0 Å². The van der Waals surface area contributed by atoms with Gasteiger partial charge in [-0.05, 0) is 54.8 Å². The van der Waals surface area contributed by atoms with E-state index >= 15 is 0 Å². The Hall–Kier alpha value is -4.40. The zero-order valence-corrected chi connectivity index (χ0v) is 21.5. The van der Waals surface area contributed by atoms with Gasteiger partial charge in [0, 0.05) is 42.2 Å². The molecule has 39 heavy (non-hydrogen) atoms. The number of halogens is 2. The van der Waals surface area contributed by atoms with Crippen LogP contribution in [-0.2, 0) is 13.1 Å². The van der Waals surface area contributed by atoms with Gasteiger partial charge in [0.1, 0.15) is 0 Å². The molecule has 2 aromatic carbocycles. The number of carbonyl (C=O) groups excluding carboxylic acids is 1. The summed E-state index contributed by atoms with van der Waals surface area (Å²) in [4.78, 5) is 18.4. The second kappa shape index (κ2) is 10.4. The predicted octanol–water partition coefficient (Wildman–Crippen LogP) is 6.31. The zero-order chi connectivity index (χ0) is 26.9. The molecule has 1 amide bonds. The van der Waals surface area contributed by atoms with E-state index in [0.717, 1.165) is 65.7 Å². The Kier molecular flexibility index (Phi) is 6.64. The van der Waals surface area contributed by atoms with Crippen LogP contribution >= 0.6 is 0 Å². The summed E-state index contributed by atoms with van der Waals surface area (Å²) >= 11 is 0. The smallest absolute Gasteiger partial charge is 0.254 e. The highest BCUT2D eigenvalue weighted by atomic mass is 19.2. The highest BCUT2D eigenvalue weighted by Gasteiger charge is 2.30. The molecule has 0 unspecified atom stereocenters. The van der Waals surface area contributed by atoms with E-state index in [2.05, 4.69) is 25.1 Å². The number of carbonyl (C=O) groups is 1. The zero-order valence-electron chi connectivity index (χ0n) is 21.5. The molecule has 7 nitrogen and oxygen atoms in total. The first-order valence-corrected chi connectivity index (χ1v) is 13.1.